The third kappa shape index (κ3) is 7.73. The Morgan fingerprint density at radius 2 is 1.66 bits per heavy atom. The van der Waals surface area contributed by atoms with Crippen LogP contribution in [-0.2, 0) is 17.4 Å². The standard InChI is InChI=1S/C31H33F3N4O3/c1-4-38(5-2)15-6-16-41-28-19-26-25(18-27(28)40-3)30(36-20-35-26)22-9-13-24(14-10-22)37-29(39)17-21-7-11-23(12-8-21)31(32,33)34/h7-14,18-20H,4-6,15-17H2,1-3H3,(H,37,39). The molecule has 0 unspecified atom stereocenters. The van der Waals surface area contributed by atoms with Crippen LogP contribution in [-0.4, -0.2) is 54.1 Å². The van der Waals surface area contributed by atoms with Crippen molar-refractivity contribution in [3.63, 3.8) is 0 Å². The van der Waals surface area contributed by atoms with Crippen molar-refractivity contribution in [2.24, 2.45) is 0 Å². The summed E-state index contributed by atoms with van der Waals surface area (Å²) in [6.07, 6.45) is -2.07. The normalized spacial score (nSPS) is 11.6. The van der Waals surface area contributed by atoms with Crippen molar-refractivity contribution in [1.29, 1.82) is 0 Å². The van der Waals surface area contributed by atoms with E-state index in [2.05, 4.69) is 34.0 Å². The van der Waals surface area contributed by atoms with Gasteiger partial charge in [-0.3, -0.25) is 4.79 Å². The monoisotopic (exact) mass is 566 g/mol. The van der Waals surface area contributed by atoms with Crippen molar-refractivity contribution in [2.75, 3.05) is 38.7 Å². The molecule has 216 valence electrons. The lowest BCUT2D eigenvalue weighted by Crippen LogP contribution is -2.25. The molecule has 1 N–H and O–H groups in total. The molecule has 1 amide bonds. The Bertz CT molecular complexity index is 1450. The van der Waals surface area contributed by atoms with Crippen LogP contribution < -0.4 is 14.8 Å². The first-order valence-electron chi connectivity index (χ1n) is 13.5. The zero-order chi connectivity index (χ0) is 29.4. The number of benzene rings is 3. The number of methoxy groups -OCH3 is 1. The second-order valence-corrected chi connectivity index (χ2v) is 9.47. The molecule has 0 fully saturated rings. The van der Waals surface area contributed by atoms with Gasteiger partial charge in [0.1, 0.15) is 6.33 Å². The quantitative estimate of drug-likeness (QED) is 0.194. The first-order chi connectivity index (χ1) is 19.7. The van der Waals surface area contributed by atoms with Crippen molar-refractivity contribution in [1.82, 2.24) is 14.9 Å². The number of nitrogens with zero attached hydrogens (tertiary/aromatic N) is 3. The number of carbonyl (C=O) groups excluding carboxylic acids is 1. The molecular weight excluding hydrogens is 533 g/mol. The van der Waals surface area contributed by atoms with Gasteiger partial charge in [0.15, 0.2) is 11.5 Å². The molecule has 0 aliphatic rings. The third-order valence-corrected chi connectivity index (χ3v) is 6.78. The minimum absolute atomic E-state index is 0.0455. The van der Waals surface area contributed by atoms with Gasteiger partial charge in [-0.15, -0.1) is 0 Å². The largest absolute Gasteiger partial charge is 0.493 e. The Labute approximate surface area is 237 Å². The zero-order valence-corrected chi connectivity index (χ0v) is 23.3. The van der Waals surface area contributed by atoms with Crippen molar-refractivity contribution < 1.29 is 27.4 Å². The molecule has 0 atom stereocenters. The molecule has 7 nitrogen and oxygen atoms in total. The molecule has 41 heavy (non-hydrogen) atoms. The zero-order valence-electron chi connectivity index (χ0n) is 23.3. The van der Waals surface area contributed by atoms with Crippen molar-refractivity contribution in [3.8, 4) is 22.8 Å². The number of amides is 1. The van der Waals surface area contributed by atoms with Crippen LogP contribution in [0.15, 0.2) is 67.0 Å². The second kappa shape index (κ2) is 13.5. The molecule has 1 aromatic heterocycles. The molecule has 0 spiro atoms. The maximum atomic E-state index is 12.8. The number of hydrogen-bond donors (Lipinski definition) is 1. The molecule has 0 radical (unpaired) electrons. The topological polar surface area (TPSA) is 76.6 Å². The first kappa shape index (κ1) is 29.8. The Hall–Kier alpha value is -4.18. The SMILES string of the molecule is CCN(CC)CCCOc1cc2ncnc(-c3ccc(NC(=O)Cc4ccc(C(F)(F)F)cc4)cc3)c2cc1OC. The van der Waals surface area contributed by atoms with Crippen LogP contribution in [0.25, 0.3) is 22.2 Å². The van der Waals surface area contributed by atoms with E-state index in [9.17, 15) is 18.0 Å². The van der Waals surface area contributed by atoms with Crippen LogP contribution in [0.2, 0.25) is 0 Å². The Morgan fingerprint density at radius 3 is 2.29 bits per heavy atom. The van der Waals surface area contributed by atoms with E-state index in [0.29, 0.717) is 40.6 Å². The van der Waals surface area contributed by atoms with E-state index in [0.717, 1.165) is 49.1 Å². The van der Waals surface area contributed by atoms with Crippen LogP contribution in [0.1, 0.15) is 31.4 Å². The molecule has 0 saturated carbocycles. The maximum absolute atomic E-state index is 12.8. The lowest BCUT2D eigenvalue weighted by Gasteiger charge is -2.18. The fourth-order valence-corrected chi connectivity index (χ4v) is 4.49. The van der Waals surface area contributed by atoms with Gasteiger partial charge in [0.25, 0.3) is 0 Å². The lowest BCUT2D eigenvalue weighted by molar-refractivity contribution is -0.137. The minimum Gasteiger partial charge on any atom is -0.493 e. The third-order valence-electron chi connectivity index (χ3n) is 6.78. The summed E-state index contributed by atoms with van der Waals surface area (Å²) in [6.45, 7) is 7.81. The minimum atomic E-state index is -4.41. The summed E-state index contributed by atoms with van der Waals surface area (Å²) in [5.74, 6) is 0.873. The number of alkyl halides is 3. The van der Waals surface area contributed by atoms with Gasteiger partial charge in [-0.25, -0.2) is 9.97 Å². The van der Waals surface area contributed by atoms with E-state index in [-0.39, 0.29) is 12.3 Å². The smallest absolute Gasteiger partial charge is 0.416 e. The fourth-order valence-electron chi connectivity index (χ4n) is 4.49. The molecule has 10 heteroatoms. The number of carbonyl (C=O) groups is 1. The lowest BCUT2D eigenvalue weighted by atomic mass is 10.1. The van der Waals surface area contributed by atoms with E-state index in [1.165, 1.54) is 18.5 Å². The molecule has 4 aromatic rings. The number of nitrogens with one attached hydrogen (secondary N) is 1. The number of rotatable bonds is 12. The van der Waals surface area contributed by atoms with E-state index in [1.54, 1.807) is 19.2 Å². The molecule has 0 aliphatic carbocycles. The molecule has 3 aromatic carbocycles. The van der Waals surface area contributed by atoms with E-state index in [1.807, 2.05) is 24.3 Å². The highest BCUT2D eigenvalue weighted by Crippen LogP contribution is 2.36. The average Bonchev–Trinajstić information content (AvgIpc) is 2.96. The molecule has 0 saturated heterocycles. The van der Waals surface area contributed by atoms with Gasteiger partial charge >= 0.3 is 6.18 Å². The van der Waals surface area contributed by atoms with Crippen LogP contribution in [0.4, 0.5) is 18.9 Å². The summed E-state index contributed by atoms with van der Waals surface area (Å²) >= 11 is 0. The first-order valence-corrected chi connectivity index (χ1v) is 13.5. The van der Waals surface area contributed by atoms with Crippen molar-refractivity contribution in [3.05, 3.63) is 78.1 Å². The van der Waals surface area contributed by atoms with Gasteiger partial charge in [0.05, 0.1) is 36.9 Å². The number of halogens is 3. The highest BCUT2D eigenvalue weighted by atomic mass is 19.4. The Balaban J connectivity index is 1.44. The second-order valence-electron chi connectivity index (χ2n) is 9.47. The maximum Gasteiger partial charge on any atom is 0.416 e. The van der Waals surface area contributed by atoms with Crippen molar-refractivity contribution in [2.45, 2.75) is 32.9 Å². The van der Waals surface area contributed by atoms with E-state index >= 15 is 0 Å². The number of aromatic nitrogens is 2. The number of hydrogen-bond acceptors (Lipinski definition) is 6. The van der Waals surface area contributed by atoms with E-state index < -0.39 is 11.7 Å². The van der Waals surface area contributed by atoms with Gasteiger partial charge in [0.2, 0.25) is 5.91 Å². The van der Waals surface area contributed by atoms with Crippen LogP contribution in [0, 0.1) is 0 Å². The summed E-state index contributed by atoms with van der Waals surface area (Å²) < 4.78 is 49.9. The average molecular weight is 567 g/mol. The Morgan fingerprint density at radius 1 is 0.951 bits per heavy atom. The molecule has 1 heterocycles. The van der Waals surface area contributed by atoms with Crippen LogP contribution in [0.3, 0.4) is 0 Å². The predicted octanol–water partition coefficient (Wildman–Crippen LogP) is 6.62. The summed E-state index contributed by atoms with van der Waals surface area (Å²) in [5, 5.41) is 3.57. The predicted molar refractivity (Wildman–Crippen MR) is 153 cm³/mol. The molecule has 0 aliphatic heterocycles. The fraction of sp³-hybridized carbons (Fsp3) is 0.323. The number of ether oxygens (including phenoxy) is 2. The van der Waals surface area contributed by atoms with Crippen LogP contribution in [0.5, 0.6) is 11.5 Å². The van der Waals surface area contributed by atoms with Gasteiger partial charge < -0.3 is 19.7 Å². The van der Waals surface area contributed by atoms with Gasteiger partial charge in [-0.05, 0) is 55.4 Å². The molecule has 4 rings (SSSR count). The summed E-state index contributed by atoms with van der Waals surface area (Å²) in [5.41, 5.74) is 2.52. The molecule has 0 bridgehead atoms. The van der Waals surface area contributed by atoms with Crippen LogP contribution >= 0.6 is 0 Å². The van der Waals surface area contributed by atoms with Gasteiger partial charge in [-0.2, -0.15) is 13.2 Å². The summed E-state index contributed by atoms with van der Waals surface area (Å²) in [6, 6.07) is 15.4. The highest BCUT2D eigenvalue weighted by molar-refractivity contribution is 5.95. The summed E-state index contributed by atoms with van der Waals surface area (Å²) in [4.78, 5) is 23.7. The number of fused-ring (bicyclic) bond motifs is 1. The van der Waals surface area contributed by atoms with Gasteiger partial charge in [-0.1, -0.05) is 38.1 Å². The number of anilines is 1. The summed E-state index contributed by atoms with van der Waals surface area (Å²) in [7, 11) is 1.59. The Kier molecular flexibility index (Phi) is 9.78. The van der Waals surface area contributed by atoms with Gasteiger partial charge in [0, 0.05) is 29.2 Å². The van der Waals surface area contributed by atoms with Crippen molar-refractivity contribution >= 4 is 22.5 Å². The van der Waals surface area contributed by atoms with E-state index in [4.69, 9.17) is 9.47 Å². The highest BCUT2D eigenvalue weighted by Gasteiger charge is 2.30. The molecular formula is C31H33F3N4O3.